The number of carbonyl (C=O) groups excluding carboxylic acids is 1. The molecular weight excluding hydrogens is 387 g/mol. The van der Waals surface area contributed by atoms with E-state index in [1.807, 2.05) is 6.92 Å². The molecule has 1 aromatic carbocycles. The van der Waals surface area contributed by atoms with Gasteiger partial charge in [-0.25, -0.2) is 0 Å². The molecule has 5 heteroatoms. The monoisotopic (exact) mass is 423 g/mol. The van der Waals surface area contributed by atoms with Crippen molar-refractivity contribution in [3.8, 4) is 0 Å². The molecule has 168 valence electrons. The average molecular weight is 424 g/mol. The first-order chi connectivity index (χ1) is 14.1. The highest BCUT2D eigenvalue weighted by Crippen LogP contribution is 2.45. The number of rotatable bonds is 11. The Kier molecular flexibility index (Phi) is 8.18. The van der Waals surface area contributed by atoms with Crippen LogP contribution in [-0.2, 0) is 11.0 Å². The number of benzene rings is 1. The van der Waals surface area contributed by atoms with Gasteiger partial charge in [-0.2, -0.15) is 13.2 Å². The van der Waals surface area contributed by atoms with Gasteiger partial charge in [0.2, 0.25) is 5.91 Å². The summed E-state index contributed by atoms with van der Waals surface area (Å²) in [6.07, 6.45) is 2.68. The lowest BCUT2D eigenvalue weighted by Crippen LogP contribution is -2.40. The highest BCUT2D eigenvalue weighted by atomic mass is 19.4. The summed E-state index contributed by atoms with van der Waals surface area (Å²) in [4.78, 5) is 13.3. The first-order valence-corrected chi connectivity index (χ1v) is 11.3. The summed E-state index contributed by atoms with van der Waals surface area (Å²) in [5.74, 6) is 0.620. The third kappa shape index (κ3) is 5.89. The van der Waals surface area contributed by atoms with Crippen molar-refractivity contribution < 1.29 is 18.0 Å². The van der Waals surface area contributed by atoms with Crippen LogP contribution in [0.4, 0.5) is 13.2 Å². The van der Waals surface area contributed by atoms with Crippen LogP contribution in [0.3, 0.4) is 0 Å². The summed E-state index contributed by atoms with van der Waals surface area (Å²) in [6, 6.07) is 3.78. The first kappa shape index (κ1) is 24.5. The number of hydrogen-bond donors (Lipinski definition) is 1. The van der Waals surface area contributed by atoms with Crippen LogP contribution < -0.4 is 5.32 Å². The largest absolute Gasteiger partial charge is 0.416 e. The van der Waals surface area contributed by atoms with Crippen LogP contribution in [-0.4, -0.2) is 5.91 Å². The van der Waals surface area contributed by atoms with Crippen LogP contribution in [0.15, 0.2) is 24.8 Å². The molecule has 0 saturated heterocycles. The summed E-state index contributed by atoms with van der Waals surface area (Å²) in [6.45, 7) is 12.5. The number of carbonyl (C=O) groups is 1. The van der Waals surface area contributed by atoms with Crippen molar-refractivity contribution in [2.45, 2.75) is 91.2 Å². The number of alkyl halides is 3. The van der Waals surface area contributed by atoms with E-state index < -0.39 is 17.2 Å². The zero-order valence-corrected chi connectivity index (χ0v) is 18.8. The standard InChI is InChI=1S/C25H36F3NO/c1-6-14-24(8-3,15-13-17(4)7-2)23(30)29-18(5)21-12-11-20(25(26,27)28)16-22(21)19-9-10-19/h11-12,16-17,19H,5-10,13-15H2,1-4H3,(H,29,30). The van der Waals surface area contributed by atoms with E-state index in [9.17, 15) is 18.0 Å². The molecular formula is C25H36F3NO. The van der Waals surface area contributed by atoms with Crippen molar-refractivity contribution in [2.24, 2.45) is 11.3 Å². The van der Waals surface area contributed by atoms with E-state index in [4.69, 9.17) is 0 Å². The van der Waals surface area contributed by atoms with Crippen LogP contribution >= 0.6 is 0 Å². The third-order valence-corrected chi connectivity index (χ3v) is 6.69. The Hall–Kier alpha value is -1.78. The number of nitrogens with one attached hydrogen (secondary N) is 1. The molecule has 0 aliphatic heterocycles. The normalized spacial score (nSPS) is 17.3. The molecule has 2 atom stereocenters. The van der Waals surface area contributed by atoms with Gasteiger partial charge in [0.25, 0.3) is 0 Å². The number of hydrogen-bond acceptors (Lipinski definition) is 1. The van der Waals surface area contributed by atoms with Crippen LogP contribution in [0.25, 0.3) is 5.70 Å². The van der Waals surface area contributed by atoms with Gasteiger partial charge in [-0.1, -0.05) is 53.2 Å². The van der Waals surface area contributed by atoms with Crippen LogP contribution in [0, 0.1) is 11.3 Å². The second-order valence-electron chi connectivity index (χ2n) is 8.94. The first-order valence-electron chi connectivity index (χ1n) is 11.3. The predicted octanol–water partition coefficient (Wildman–Crippen LogP) is 7.69. The maximum absolute atomic E-state index is 13.3. The molecule has 0 aromatic heterocycles. The van der Waals surface area contributed by atoms with E-state index in [-0.39, 0.29) is 11.8 Å². The van der Waals surface area contributed by atoms with E-state index in [1.165, 1.54) is 12.1 Å². The molecule has 1 saturated carbocycles. The second-order valence-corrected chi connectivity index (χ2v) is 8.94. The molecule has 0 heterocycles. The molecule has 1 fully saturated rings. The minimum atomic E-state index is -4.37. The van der Waals surface area contributed by atoms with Gasteiger partial charge in [-0.05, 0) is 68.1 Å². The van der Waals surface area contributed by atoms with E-state index >= 15 is 0 Å². The molecule has 30 heavy (non-hydrogen) atoms. The van der Waals surface area contributed by atoms with Gasteiger partial charge in [-0.3, -0.25) is 4.79 Å². The Morgan fingerprint density at radius 2 is 1.87 bits per heavy atom. The smallest absolute Gasteiger partial charge is 0.326 e. The van der Waals surface area contributed by atoms with Gasteiger partial charge >= 0.3 is 6.18 Å². The van der Waals surface area contributed by atoms with Gasteiger partial charge in [0.15, 0.2) is 0 Å². The van der Waals surface area contributed by atoms with Crippen molar-refractivity contribution in [2.75, 3.05) is 0 Å². The maximum atomic E-state index is 13.3. The molecule has 2 nitrogen and oxygen atoms in total. The Morgan fingerprint density at radius 1 is 1.20 bits per heavy atom. The fourth-order valence-corrected chi connectivity index (χ4v) is 4.15. The van der Waals surface area contributed by atoms with E-state index in [0.717, 1.165) is 57.4 Å². The van der Waals surface area contributed by atoms with Crippen molar-refractivity contribution in [3.63, 3.8) is 0 Å². The lowest BCUT2D eigenvalue weighted by molar-refractivity contribution is -0.137. The summed E-state index contributed by atoms with van der Waals surface area (Å²) >= 11 is 0. The van der Waals surface area contributed by atoms with Crippen LogP contribution in [0.5, 0.6) is 0 Å². The Balaban J connectivity index is 2.25. The zero-order chi connectivity index (χ0) is 22.5. The van der Waals surface area contributed by atoms with Crippen molar-refractivity contribution in [3.05, 3.63) is 41.5 Å². The molecule has 1 aliphatic rings. The summed E-state index contributed by atoms with van der Waals surface area (Å²) in [5.41, 5.74) is 0.574. The van der Waals surface area contributed by atoms with E-state index in [0.29, 0.717) is 22.7 Å². The van der Waals surface area contributed by atoms with Gasteiger partial charge in [0, 0.05) is 16.7 Å². The third-order valence-electron chi connectivity index (χ3n) is 6.69. The van der Waals surface area contributed by atoms with Gasteiger partial charge in [0.1, 0.15) is 0 Å². The zero-order valence-electron chi connectivity index (χ0n) is 18.8. The molecule has 1 aliphatic carbocycles. The molecule has 2 rings (SSSR count). The molecule has 2 unspecified atom stereocenters. The van der Waals surface area contributed by atoms with Crippen LogP contribution in [0.1, 0.15) is 102 Å². The topological polar surface area (TPSA) is 29.1 Å². The molecule has 1 amide bonds. The lowest BCUT2D eigenvalue weighted by Gasteiger charge is -2.33. The maximum Gasteiger partial charge on any atom is 0.416 e. The Bertz CT molecular complexity index is 751. The molecule has 0 radical (unpaired) electrons. The van der Waals surface area contributed by atoms with Gasteiger partial charge < -0.3 is 5.32 Å². The summed E-state index contributed by atoms with van der Waals surface area (Å²) in [5, 5.41) is 2.98. The summed E-state index contributed by atoms with van der Waals surface area (Å²) < 4.78 is 39.5. The van der Waals surface area contributed by atoms with E-state index in [1.54, 1.807) is 0 Å². The molecule has 1 aromatic rings. The summed E-state index contributed by atoms with van der Waals surface area (Å²) in [7, 11) is 0. The van der Waals surface area contributed by atoms with Crippen LogP contribution in [0.2, 0.25) is 0 Å². The Morgan fingerprint density at radius 3 is 2.37 bits per heavy atom. The number of amides is 1. The quantitative estimate of drug-likeness (QED) is 0.388. The molecule has 0 spiro atoms. The predicted molar refractivity (Wildman–Crippen MR) is 117 cm³/mol. The fraction of sp³-hybridized carbons (Fsp3) is 0.640. The highest BCUT2D eigenvalue weighted by molar-refractivity contribution is 5.91. The van der Waals surface area contributed by atoms with Crippen molar-refractivity contribution >= 4 is 11.6 Å². The fourth-order valence-electron chi connectivity index (χ4n) is 4.15. The van der Waals surface area contributed by atoms with E-state index in [2.05, 4.69) is 32.7 Å². The van der Waals surface area contributed by atoms with Gasteiger partial charge in [-0.15, -0.1) is 0 Å². The van der Waals surface area contributed by atoms with Gasteiger partial charge in [0.05, 0.1) is 5.56 Å². The van der Waals surface area contributed by atoms with Crippen molar-refractivity contribution in [1.29, 1.82) is 0 Å². The van der Waals surface area contributed by atoms with Crippen molar-refractivity contribution in [1.82, 2.24) is 5.32 Å². The molecule has 1 N–H and O–H groups in total. The molecule has 0 bridgehead atoms. The minimum Gasteiger partial charge on any atom is -0.326 e. The second kappa shape index (κ2) is 10.0. The highest BCUT2D eigenvalue weighted by Gasteiger charge is 2.37. The average Bonchev–Trinajstić information content (AvgIpc) is 3.54. The number of halogens is 3. The minimum absolute atomic E-state index is 0.0539. The Labute approximate surface area is 179 Å². The lowest BCUT2D eigenvalue weighted by atomic mass is 9.74. The SMILES string of the molecule is C=C(NC(=O)C(CC)(CCC)CCC(C)CC)c1ccc(C(F)(F)F)cc1C1CC1.